The van der Waals surface area contributed by atoms with Crippen LogP contribution in [0.5, 0.6) is 0 Å². The summed E-state index contributed by atoms with van der Waals surface area (Å²) < 4.78 is 5.12. The third kappa shape index (κ3) is 10.1. The molecule has 2 rings (SSSR count). The van der Waals surface area contributed by atoms with Crippen molar-refractivity contribution in [1.82, 2.24) is 10.6 Å². The molecule has 0 spiro atoms. The number of rotatable bonds is 9. The van der Waals surface area contributed by atoms with E-state index < -0.39 is 11.7 Å². The molecule has 0 aliphatic carbocycles. The van der Waals surface area contributed by atoms with Crippen LogP contribution < -0.4 is 16.0 Å². The first kappa shape index (κ1) is 24.9. The summed E-state index contributed by atoms with van der Waals surface area (Å²) in [6.45, 7) is 7.89. The van der Waals surface area contributed by atoms with Crippen LogP contribution in [0.2, 0.25) is 0 Å². The normalized spacial score (nSPS) is 10.9. The Balaban J connectivity index is 1.72. The summed E-state index contributed by atoms with van der Waals surface area (Å²) in [6, 6.07) is 15.5. The van der Waals surface area contributed by atoms with Crippen molar-refractivity contribution in [2.75, 3.05) is 11.9 Å². The average Bonchev–Trinajstić information content (AvgIpc) is 2.70. The number of anilines is 1. The number of ether oxygens (including phenoxy) is 1. The number of benzene rings is 2. The third-order valence-electron chi connectivity index (χ3n) is 4.44. The van der Waals surface area contributed by atoms with Gasteiger partial charge in [0.05, 0.1) is 0 Å². The van der Waals surface area contributed by atoms with Crippen LogP contribution in [0.1, 0.15) is 50.3 Å². The first-order valence-corrected chi connectivity index (χ1v) is 10.8. The summed E-state index contributed by atoms with van der Waals surface area (Å²) >= 11 is 0. The van der Waals surface area contributed by atoms with Crippen molar-refractivity contribution < 1.29 is 19.1 Å². The molecule has 2 aromatic rings. The lowest BCUT2D eigenvalue weighted by Crippen LogP contribution is -2.35. The molecule has 0 atom stereocenters. The van der Waals surface area contributed by atoms with Crippen molar-refractivity contribution in [3.05, 3.63) is 65.2 Å². The fraction of sp³-hybridized carbons (Fsp3) is 0.400. The molecule has 0 saturated heterocycles. The van der Waals surface area contributed by atoms with E-state index >= 15 is 0 Å². The molecule has 0 aliphatic rings. The predicted molar refractivity (Wildman–Crippen MR) is 125 cm³/mol. The van der Waals surface area contributed by atoms with Crippen molar-refractivity contribution in [1.29, 1.82) is 0 Å². The quantitative estimate of drug-likeness (QED) is 0.548. The van der Waals surface area contributed by atoms with Gasteiger partial charge in [0, 0.05) is 31.6 Å². The van der Waals surface area contributed by atoms with Gasteiger partial charge in [-0.25, -0.2) is 4.79 Å². The number of aryl methyl sites for hydroxylation is 2. The van der Waals surface area contributed by atoms with E-state index in [1.54, 1.807) is 20.8 Å². The molecule has 0 radical (unpaired) electrons. The molecule has 7 nitrogen and oxygen atoms in total. The number of carbonyl (C=O) groups is 3. The minimum atomic E-state index is -0.576. The van der Waals surface area contributed by atoms with Gasteiger partial charge >= 0.3 is 6.09 Å². The van der Waals surface area contributed by atoms with Crippen molar-refractivity contribution >= 4 is 23.6 Å². The zero-order valence-corrected chi connectivity index (χ0v) is 19.3. The standard InChI is InChI=1S/C25H33N3O4/c1-18-7-5-8-19(15-18)11-12-23(30)28-21-10-6-9-20(16-21)17-27-22(29)13-14-26-24(31)32-25(2,3)4/h5-10,15-16H,11-14,17H2,1-4H3,(H,26,31)(H,27,29)(H,28,30). The minimum absolute atomic E-state index is 0.0547. The summed E-state index contributed by atoms with van der Waals surface area (Å²) in [5.74, 6) is -0.241. The van der Waals surface area contributed by atoms with Gasteiger partial charge in [-0.1, -0.05) is 42.0 Å². The zero-order chi connectivity index (χ0) is 23.6. The lowest BCUT2D eigenvalue weighted by molar-refractivity contribution is -0.121. The number of alkyl carbamates (subject to hydrolysis) is 1. The van der Waals surface area contributed by atoms with Crippen LogP contribution >= 0.6 is 0 Å². The van der Waals surface area contributed by atoms with Gasteiger partial charge in [-0.3, -0.25) is 9.59 Å². The van der Waals surface area contributed by atoms with Crippen LogP contribution in [-0.2, 0) is 27.3 Å². The smallest absolute Gasteiger partial charge is 0.407 e. The van der Waals surface area contributed by atoms with Crippen molar-refractivity contribution in [2.24, 2.45) is 0 Å². The second-order valence-corrected chi connectivity index (χ2v) is 8.69. The maximum Gasteiger partial charge on any atom is 0.407 e. The summed E-state index contributed by atoms with van der Waals surface area (Å²) in [5, 5.41) is 8.27. The van der Waals surface area contributed by atoms with Crippen molar-refractivity contribution in [3.8, 4) is 0 Å². The molecular formula is C25H33N3O4. The highest BCUT2D eigenvalue weighted by Gasteiger charge is 2.15. The molecule has 0 bridgehead atoms. The lowest BCUT2D eigenvalue weighted by Gasteiger charge is -2.19. The number of hydrogen-bond acceptors (Lipinski definition) is 4. The van der Waals surface area contributed by atoms with E-state index in [9.17, 15) is 14.4 Å². The molecule has 0 unspecified atom stereocenters. The van der Waals surface area contributed by atoms with E-state index in [4.69, 9.17) is 4.74 Å². The SMILES string of the molecule is Cc1cccc(CCC(=O)Nc2cccc(CNC(=O)CCNC(=O)OC(C)(C)C)c2)c1. The second-order valence-electron chi connectivity index (χ2n) is 8.69. The molecule has 7 heteroatoms. The molecule has 0 fully saturated rings. The topological polar surface area (TPSA) is 96.5 Å². The van der Waals surface area contributed by atoms with Gasteiger partial charge in [0.2, 0.25) is 11.8 Å². The lowest BCUT2D eigenvalue weighted by atomic mass is 10.1. The van der Waals surface area contributed by atoms with Crippen LogP contribution in [0.4, 0.5) is 10.5 Å². The average molecular weight is 440 g/mol. The Morgan fingerprint density at radius 1 is 0.875 bits per heavy atom. The van der Waals surface area contributed by atoms with E-state index in [1.165, 1.54) is 5.56 Å². The number of carbonyl (C=O) groups excluding carboxylic acids is 3. The molecular weight excluding hydrogens is 406 g/mol. The Hall–Kier alpha value is -3.35. The maximum absolute atomic E-state index is 12.3. The second kappa shape index (κ2) is 11.9. The van der Waals surface area contributed by atoms with Gasteiger partial charge < -0.3 is 20.7 Å². The predicted octanol–water partition coefficient (Wildman–Crippen LogP) is 4.10. The zero-order valence-electron chi connectivity index (χ0n) is 19.3. The highest BCUT2D eigenvalue weighted by Crippen LogP contribution is 2.12. The fourth-order valence-electron chi connectivity index (χ4n) is 2.99. The molecule has 2 aromatic carbocycles. The molecule has 172 valence electrons. The van der Waals surface area contributed by atoms with Crippen LogP contribution in [0.15, 0.2) is 48.5 Å². The monoisotopic (exact) mass is 439 g/mol. The Morgan fingerprint density at radius 3 is 2.31 bits per heavy atom. The molecule has 3 N–H and O–H groups in total. The van der Waals surface area contributed by atoms with E-state index in [1.807, 2.05) is 49.4 Å². The minimum Gasteiger partial charge on any atom is -0.444 e. The van der Waals surface area contributed by atoms with Crippen LogP contribution in [0.25, 0.3) is 0 Å². The molecule has 0 heterocycles. The highest BCUT2D eigenvalue weighted by molar-refractivity contribution is 5.90. The van der Waals surface area contributed by atoms with E-state index in [0.29, 0.717) is 25.1 Å². The summed E-state index contributed by atoms with van der Waals surface area (Å²) in [7, 11) is 0. The summed E-state index contributed by atoms with van der Waals surface area (Å²) in [6.07, 6.45) is 0.681. The largest absolute Gasteiger partial charge is 0.444 e. The Bertz CT molecular complexity index is 935. The van der Waals surface area contributed by atoms with Gasteiger partial charge in [0.1, 0.15) is 5.60 Å². The Labute approximate surface area is 189 Å². The number of nitrogens with one attached hydrogen (secondary N) is 3. The van der Waals surface area contributed by atoms with Crippen molar-refractivity contribution in [2.45, 2.75) is 59.1 Å². The van der Waals surface area contributed by atoms with Crippen molar-refractivity contribution in [3.63, 3.8) is 0 Å². The highest BCUT2D eigenvalue weighted by atomic mass is 16.6. The van der Waals surface area contributed by atoms with E-state index in [0.717, 1.165) is 11.1 Å². The van der Waals surface area contributed by atoms with Gasteiger partial charge in [0.15, 0.2) is 0 Å². The van der Waals surface area contributed by atoms with Crippen LogP contribution in [0.3, 0.4) is 0 Å². The van der Waals surface area contributed by atoms with Gasteiger partial charge in [0.25, 0.3) is 0 Å². The van der Waals surface area contributed by atoms with E-state index in [2.05, 4.69) is 22.0 Å². The molecule has 0 aliphatic heterocycles. The van der Waals surface area contributed by atoms with Gasteiger partial charge in [-0.2, -0.15) is 0 Å². The molecule has 32 heavy (non-hydrogen) atoms. The molecule has 0 saturated carbocycles. The first-order chi connectivity index (χ1) is 15.1. The van der Waals surface area contributed by atoms with Crippen LogP contribution in [0, 0.1) is 6.92 Å². The molecule has 0 aromatic heterocycles. The van der Waals surface area contributed by atoms with Gasteiger partial charge in [-0.05, 0) is 57.4 Å². The summed E-state index contributed by atoms with van der Waals surface area (Å²) in [5.41, 5.74) is 3.30. The van der Waals surface area contributed by atoms with Gasteiger partial charge in [-0.15, -0.1) is 0 Å². The first-order valence-electron chi connectivity index (χ1n) is 10.8. The Kier molecular flexibility index (Phi) is 9.25. The number of hydrogen-bond donors (Lipinski definition) is 3. The summed E-state index contributed by atoms with van der Waals surface area (Å²) in [4.78, 5) is 35.9. The maximum atomic E-state index is 12.3. The fourth-order valence-corrected chi connectivity index (χ4v) is 2.99. The Morgan fingerprint density at radius 2 is 1.59 bits per heavy atom. The van der Waals surface area contributed by atoms with E-state index in [-0.39, 0.29) is 24.8 Å². The molecule has 3 amide bonds. The third-order valence-corrected chi connectivity index (χ3v) is 4.44. The number of amides is 3. The van der Waals surface area contributed by atoms with Crippen LogP contribution in [-0.4, -0.2) is 30.1 Å².